The minimum Gasteiger partial charge on any atom is -0.445 e. The molecule has 0 aliphatic heterocycles. The summed E-state index contributed by atoms with van der Waals surface area (Å²) in [7, 11) is -4.22. The summed E-state index contributed by atoms with van der Waals surface area (Å²) in [6.45, 7) is 1.23. The molecule has 1 amide bonds. The maximum absolute atomic E-state index is 14.1. The summed E-state index contributed by atoms with van der Waals surface area (Å²) in [5.41, 5.74) is 1.78. The van der Waals surface area contributed by atoms with Gasteiger partial charge in [-0.25, -0.2) is 9.36 Å². The van der Waals surface area contributed by atoms with Gasteiger partial charge in [-0.2, -0.15) is 0 Å². The number of hydrogen-bond acceptors (Lipinski definition) is 9. The fourth-order valence-corrected chi connectivity index (χ4v) is 6.72. The standard InChI is InChI=1S/C40H53N2O8P/c1-2-3-4-5-6-7-8-18-25-37-28-38(50-42-37)26-27-40(32-43,41-39(44)46-29-34-19-12-9-13-20-34)33-49-51(45,47-30-35-21-14-10-15-22-35)48-31-36-23-16-11-17-24-36/h9-17,19-24,28,43H,2-8,18,25-27,29-33H2,1H3,(H,41,44). The lowest BCUT2D eigenvalue weighted by Gasteiger charge is -2.33. The molecule has 1 heterocycles. The highest BCUT2D eigenvalue weighted by Gasteiger charge is 2.38. The zero-order valence-electron chi connectivity index (χ0n) is 29.8. The maximum atomic E-state index is 14.1. The molecule has 1 atom stereocenters. The van der Waals surface area contributed by atoms with Crippen molar-refractivity contribution in [3.8, 4) is 0 Å². The highest BCUT2D eigenvalue weighted by molar-refractivity contribution is 7.48. The van der Waals surface area contributed by atoms with Crippen molar-refractivity contribution in [3.63, 3.8) is 0 Å². The molecule has 1 unspecified atom stereocenters. The number of aliphatic hydroxyl groups is 1. The van der Waals surface area contributed by atoms with E-state index in [-0.39, 0.29) is 26.2 Å². The predicted octanol–water partition coefficient (Wildman–Crippen LogP) is 9.51. The molecule has 10 nitrogen and oxygen atoms in total. The molecule has 4 aromatic rings. The van der Waals surface area contributed by atoms with E-state index >= 15 is 0 Å². The number of benzene rings is 3. The van der Waals surface area contributed by atoms with Crippen molar-refractivity contribution in [2.24, 2.45) is 0 Å². The number of phosphoric acid groups is 1. The van der Waals surface area contributed by atoms with Crippen molar-refractivity contribution < 1.29 is 37.3 Å². The quantitative estimate of drug-likeness (QED) is 0.0508. The summed E-state index contributed by atoms with van der Waals surface area (Å²) in [6.07, 6.45) is 10.3. The molecule has 0 saturated carbocycles. The number of carbonyl (C=O) groups is 1. The van der Waals surface area contributed by atoms with E-state index in [0.29, 0.717) is 12.2 Å². The van der Waals surface area contributed by atoms with Crippen LogP contribution in [0, 0.1) is 0 Å². The van der Waals surface area contributed by atoms with Gasteiger partial charge in [-0.05, 0) is 36.0 Å². The molecule has 51 heavy (non-hydrogen) atoms. The number of aromatic nitrogens is 1. The first-order chi connectivity index (χ1) is 24.9. The molecule has 0 aliphatic rings. The molecule has 0 bridgehead atoms. The van der Waals surface area contributed by atoms with Crippen molar-refractivity contribution >= 4 is 13.9 Å². The lowest BCUT2D eigenvalue weighted by atomic mass is 9.94. The van der Waals surface area contributed by atoms with E-state index in [1.54, 1.807) is 0 Å². The third kappa shape index (κ3) is 15.2. The molecular formula is C40H53N2O8P. The minimum absolute atomic E-state index is 0.0259. The average molecular weight is 721 g/mol. The molecule has 0 saturated heterocycles. The first kappa shape index (κ1) is 40.0. The molecule has 0 aliphatic carbocycles. The number of ether oxygens (including phenoxy) is 1. The first-order valence-electron chi connectivity index (χ1n) is 18.1. The van der Waals surface area contributed by atoms with Crippen LogP contribution >= 0.6 is 7.82 Å². The Morgan fingerprint density at radius 2 is 1.27 bits per heavy atom. The highest BCUT2D eigenvalue weighted by atomic mass is 31.2. The largest absolute Gasteiger partial charge is 0.475 e. The fourth-order valence-electron chi connectivity index (χ4n) is 5.47. The molecule has 276 valence electrons. The summed E-state index contributed by atoms with van der Waals surface area (Å²) in [5.74, 6) is 0.602. The third-order valence-corrected chi connectivity index (χ3v) is 9.93. The van der Waals surface area contributed by atoms with Gasteiger partial charge in [-0.1, -0.05) is 148 Å². The minimum atomic E-state index is -4.22. The second-order valence-electron chi connectivity index (χ2n) is 12.9. The van der Waals surface area contributed by atoms with E-state index in [1.165, 1.54) is 38.5 Å². The molecule has 2 N–H and O–H groups in total. The molecule has 4 rings (SSSR count). The van der Waals surface area contributed by atoms with E-state index in [0.717, 1.165) is 41.6 Å². The second kappa shape index (κ2) is 22.2. The second-order valence-corrected chi connectivity index (χ2v) is 14.5. The van der Waals surface area contributed by atoms with E-state index in [2.05, 4.69) is 17.4 Å². The Labute approximate surface area is 302 Å². The van der Waals surface area contributed by atoms with Gasteiger partial charge in [-0.15, -0.1) is 0 Å². The molecule has 0 radical (unpaired) electrons. The Balaban J connectivity index is 1.42. The van der Waals surface area contributed by atoms with Crippen LogP contribution in [0.5, 0.6) is 0 Å². The van der Waals surface area contributed by atoms with E-state index < -0.39 is 32.7 Å². The van der Waals surface area contributed by atoms with Crippen LogP contribution in [0.1, 0.15) is 92.9 Å². The van der Waals surface area contributed by atoms with Crippen molar-refractivity contribution in [3.05, 3.63) is 125 Å². The van der Waals surface area contributed by atoms with E-state index in [1.807, 2.05) is 97.1 Å². The first-order valence-corrected chi connectivity index (χ1v) is 19.5. The van der Waals surface area contributed by atoms with Crippen molar-refractivity contribution in [2.75, 3.05) is 13.2 Å². The van der Waals surface area contributed by atoms with Gasteiger partial charge < -0.3 is 19.7 Å². The molecule has 11 heteroatoms. The molecule has 1 aromatic heterocycles. The summed E-state index contributed by atoms with van der Waals surface area (Å²) in [4.78, 5) is 13.1. The van der Waals surface area contributed by atoms with Crippen LogP contribution in [0.2, 0.25) is 0 Å². The van der Waals surface area contributed by atoms with Crippen LogP contribution < -0.4 is 5.32 Å². The number of nitrogens with zero attached hydrogens (tertiary/aromatic N) is 1. The van der Waals surface area contributed by atoms with Gasteiger partial charge in [-0.3, -0.25) is 13.6 Å². The Kier molecular flexibility index (Phi) is 17.4. The summed E-state index contributed by atoms with van der Waals surface area (Å²) >= 11 is 0. The number of nitrogens with one attached hydrogen (secondary N) is 1. The van der Waals surface area contributed by atoms with Gasteiger partial charge in [0.1, 0.15) is 12.4 Å². The van der Waals surface area contributed by atoms with Crippen LogP contribution in [0.15, 0.2) is 102 Å². The zero-order valence-corrected chi connectivity index (χ0v) is 30.6. The fraction of sp³-hybridized carbons (Fsp3) is 0.450. The average Bonchev–Trinajstić information content (AvgIpc) is 3.63. The van der Waals surface area contributed by atoms with Crippen molar-refractivity contribution in [2.45, 2.75) is 103 Å². The Hall–Kier alpha value is -3.79. The zero-order chi connectivity index (χ0) is 36.0. The van der Waals surface area contributed by atoms with Crippen molar-refractivity contribution in [1.29, 1.82) is 0 Å². The smallest absolute Gasteiger partial charge is 0.445 e. The molecular weight excluding hydrogens is 667 g/mol. The maximum Gasteiger partial charge on any atom is 0.475 e. The molecule has 0 spiro atoms. The van der Waals surface area contributed by atoms with Crippen molar-refractivity contribution in [1.82, 2.24) is 10.5 Å². The SMILES string of the molecule is CCCCCCCCCCc1cc(CCC(CO)(COP(=O)(OCc2ccccc2)OCc2ccccc2)NC(=O)OCc2ccccc2)on1. The Morgan fingerprint density at radius 3 is 1.82 bits per heavy atom. The lowest BCUT2D eigenvalue weighted by molar-refractivity contribution is 0.0434. The van der Waals surface area contributed by atoms with Gasteiger partial charge >= 0.3 is 13.9 Å². The number of unbranched alkanes of at least 4 members (excludes halogenated alkanes) is 7. The third-order valence-electron chi connectivity index (χ3n) is 8.59. The van der Waals surface area contributed by atoms with Gasteiger partial charge in [0, 0.05) is 12.5 Å². The van der Waals surface area contributed by atoms with Crippen LogP contribution in [0.4, 0.5) is 4.79 Å². The van der Waals surface area contributed by atoms with Crippen LogP contribution in [0.25, 0.3) is 0 Å². The van der Waals surface area contributed by atoms with Gasteiger partial charge in [0.05, 0.1) is 37.7 Å². The van der Waals surface area contributed by atoms with Gasteiger partial charge in [0.2, 0.25) is 0 Å². The van der Waals surface area contributed by atoms with Crippen LogP contribution in [0.3, 0.4) is 0 Å². The highest BCUT2D eigenvalue weighted by Crippen LogP contribution is 2.51. The number of carbonyl (C=O) groups excluding carboxylic acids is 1. The number of hydrogen-bond donors (Lipinski definition) is 2. The predicted molar refractivity (Wildman–Crippen MR) is 197 cm³/mol. The van der Waals surface area contributed by atoms with Crippen LogP contribution in [-0.2, 0) is 55.5 Å². The Bertz CT molecular complexity index is 1520. The number of phosphoric ester groups is 1. The monoisotopic (exact) mass is 720 g/mol. The summed E-state index contributed by atoms with van der Waals surface area (Å²) in [6, 6.07) is 29.7. The van der Waals surface area contributed by atoms with Gasteiger partial charge in [0.15, 0.2) is 0 Å². The molecule has 3 aromatic carbocycles. The number of amides is 1. The Morgan fingerprint density at radius 1 is 0.745 bits per heavy atom. The van der Waals surface area contributed by atoms with Gasteiger partial charge in [0.25, 0.3) is 0 Å². The van der Waals surface area contributed by atoms with Crippen LogP contribution in [-0.4, -0.2) is 35.1 Å². The summed E-state index contributed by atoms with van der Waals surface area (Å²) in [5, 5.41) is 17.8. The normalized spacial score (nSPS) is 12.7. The topological polar surface area (TPSA) is 129 Å². The number of aryl methyl sites for hydroxylation is 2. The number of aliphatic hydroxyl groups excluding tert-OH is 1. The summed E-state index contributed by atoms with van der Waals surface area (Å²) < 4.78 is 42.7. The number of alkyl carbamates (subject to hydrolysis) is 1. The van der Waals surface area contributed by atoms with E-state index in [9.17, 15) is 14.5 Å². The molecule has 0 fully saturated rings. The lowest BCUT2D eigenvalue weighted by Crippen LogP contribution is -2.55. The number of rotatable bonds is 25. The van der Waals surface area contributed by atoms with E-state index in [4.69, 9.17) is 22.8 Å².